The van der Waals surface area contributed by atoms with Gasteiger partial charge >= 0.3 is 12.0 Å². The largest absolute Gasteiger partial charge is 0.490 e. The van der Waals surface area contributed by atoms with Crippen LogP contribution in [0.5, 0.6) is 17.2 Å². The lowest BCUT2D eigenvalue weighted by Gasteiger charge is -2.28. The average molecular weight is 767 g/mol. The number of hydrogen-bond donors (Lipinski definition) is 4. The molecule has 14 heteroatoms. The Labute approximate surface area is 282 Å². The van der Waals surface area contributed by atoms with E-state index in [0.29, 0.717) is 50.2 Å². The first kappa shape index (κ1) is 34.1. The number of nitrogens with zero attached hydrogens (tertiary/aromatic N) is 1. The molecule has 2 amide bonds. The Morgan fingerprint density at radius 2 is 1.93 bits per heavy atom. The molecule has 1 heterocycles. The second-order valence-electron chi connectivity index (χ2n) is 9.64. The third-order valence-corrected chi connectivity index (χ3v) is 7.69. The van der Waals surface area contributed by atoms with E-state index in [2.05, 4.69) is 53.0 Å². The van der Waals surface area contributed by atoms with Gasteiger partial charge in [0, 0.05) is 20.8 Å². The van der Waals surface area contributed by atoms with Crippen LogP contribution in [0.15, 0.2) is 79.9 Å². The first-order valence-electron chi connectivity index (χ1n) is 13.7. The van der Waals surface area contributed by atoms with Crippen LogP contribution in [0.25, 0.3) is 0 Å². The second-order valence-corrected chi connectivity index (χ2v) is 11.8. The minimum Gasteiger partial charge on any atom is -0.490 e. The summed E-state index contributed by atoms with van der Waals surface area (Å²) < 4.78 is 24.1. The monoisotopic (exact) mass is 764 g/mol. The lowest BCUT2D eigenvalue weighted by molar-refractivity contribution is -0.136. The van der Waals surface area contributed by atoms with E-state index in [0.717, 1.165) is 10.0 Å². The van der Waals surface area contributed by atoms with Crippen LogP contribution < -0.4 is 30.3 Å². The summed E-state index contributed by atoms with van der Waals surface area (Å²) >= 11 is 13.1. The van der Waals surface area contributed by atoms with Crippen molar-refractivity contribution in [1.82, 2.24) is 16.1 Å². The number of rotatable bonds is 13. The highest BCUT2D eigenvalue weighted by atomic mass is 79.9. The zero-order chi connectivity index (χ0) is 32.5. The van der Waals surface area contributed by atoms with Gasteiger partial charge in [-0.15, -0.1) is 0 Å². The van der Waals surface area contributed by atoms with Gasteiger partial charge < -0.3 is 34.7 Å². The Morgan fingerprint density at radius 1 is 1.13 bits per heavy atom. The number of urea groups is 1. The number of aliphatic hydroxyl groups is 1. The molecule has 0 spiro atoms. The molecule has 0 aromatic heterocycles. The van der Waals surface area contributed by atoms with Gasteiger partial charge in [-0.1, -0.05) is 45.7 Å². The Balaban J connectivity index is 1.43. The number of hydrazone groups is 1. The van der Waals surface area contributed by atoms with Gasteiger partial charge in [0.05, 0.1) is 36.0 Å². The third kappa shape index (κ3) is 9.13. The van der Waals surface area contributed by atoms with Gasteiger partial charge in [0.2, 0.25) is 0 Å². The Kier molecular flexibility index (Phi) is 12.1. The van der Waals surface area contributed by atoms with E-state index >= 15 is 0 Å². The highest BCUT2D eigenvalue weighted by Crippen LogP contribution is 2.35. The summed E-state index contributed by atoms with van der Waals surface area (Å²) in [5.74, 6) is 0.689. The standard InChI is InChI=1S/C31H31Br2ClN4O7/c1-4-43-25-12-19(28-27(30(40)42-3)17(2)36-31(41)37-28)8-9-24(25)44-16-26(39)38-35-14-20-11-21(32)13-23(33)29(20)45-15-18-6-5-7-22(34)10-18/h5-14,26,28,38-39H,4,15-16H2,1-3H3,(H2,36,37,41)/b35-14+/t26-,28+/m0/s1. The van der Waals surface area contributed by atoms with E-state index in [1.165, 1.54) is 13.3 Å². The van der Waals surface area contributed by atoms with Gasteiger partial charge in [-0.2, -0.15) is 5.10 Å². The Hall–Kier alpha value is -3.78. The SMILES string of the molecule is CCOc1cc([C@H]2NC(=O)NC(C)=C2C(=O)OC)ccc1OC[C@H](O)N/N=C/c1cc(Br)cc(Br)c1OCc1cccc(Cl)c1. The van der Waals surface area contributed by atoms with E-state index < -0.39 is 24.3 Å². The van der Waals surface area contributed by atoms with Crippen LogP contribution in [0.2, 0.25) is 5.02 Å². The maximum Gasteiger partial charge on any atom is 0.337 e. The molecule has 11 nitrogen and oxygen atoms in total. The molecule has 4 N–H and O–H groups in total. The third-order valence-electron chi connectivity index (χ3n) is 6.41. The number of benzene rings is 3. The van der Waals surface area contributed by atoms with Crippen LogP contribution in [-0.4, -0.2) is 49.9 Å². The minimum absolute atomic E-state index is 0.173. The van der Waals surface area contributed by atoms with Crippen molar-refractivity contribution in [1.29, 1.82) is 0 Å². The predicted molar refractivity (Wildman–Crippen MR) is 177 cm³/mol. The number of carbonyl (C=O) groups is 2. The van der Waals surface area contributed by atoms with E-state index in [4.69, 9.17) is 30.5 Å². The van der Waals surface area contributed by atoms with Gasteiger partial charge in [-0.05, 0) is 77.3 Å². The molecule has 45 heavy (non-hydrogen) atoms. The molecule has 0 radical (unpaired) electrons. The van der Waals surface area contributed by atoms with Crippen LogP contribution in [0.3, 0.4) is 0 Å². The summed E-state index contributed by atoms with van der Waals surface area (Å²) in [5.41, 5.74) is 5.43. The number of amides is 2. The van der Waals surface area contributed by atoms with Gasteiger partial charge in [-0.3, -0.25) is 5.43 Å². The second kappa shape index (κ2) is 16.0. The fourth-order valence-corrected chi connectivity index (χ4v) is 6.01. The summed E-state index contributed by atoms with van der Waals surface area (Å²) in [4.78, 5) is 24.6. The van der Waals surface area contributed by atoms with Crippen LogP contribution in [0, 0.1) is 0 Å². The Morgan fingerprint density at radius 3 is 2.67 bits per heavy atom. The molecule has 3 aromatic rings. The van der Waals surface area contributed by atoms with Crippen molar-refractivity contribution in [2.24, 2.45) is 5.10 Å². The zero-order valence-electron chi connectivity index (χ0n) is 24.5. The van der Waals surface area contributed by atoms with Gasteiger partial charge in [0.1, 0.15) is 19.0 Å². The number of nitrogens with one attached hydrogen (secondary N) is 3. The normalized spacial score (nSPS) is 15.3. The maximum atomic E-state index is 12.5. The molecule has 0 unspecified atom stereocenters. The molecular weight excluding hydrogens is 736 g/mol. The molecule has 4 rings (SSSR count). The average Bonchev–Trinajstić information content (AvgIpc) is 2.99. The first-order valence-corrected chi connectivity index (χ1v) is 15.6. The van der Waals surface area contributed by atoms with E-state index in [1.807, 2.05) is 37.3 Å². The van der Waals surface area contributed by atoms with Crippen molar-refractivity contribution in [3.05, 3.63) is 96.5 Å². The number of methoxy groups -OCH3 is 1. The van der Waals surface area contributed by atoms with Crippen molar-refractivity contribution < 1.29 is 33.6 Å². The molecule has 0 saturated carbocycles. The summed E-state index contributed by atoms with van der Waals surface area (Å²) in [6.45, 7) is 3.88. The molecular formula is C31H31Br2ClN4O7. The number of esters is 1. The highest BCUT2D eigenvalue weighted by Gasteiger charge is 2.32. The molecule has 3 aromatic carbocycles. The van der Waals surface area contributed by atoms with Crippen LogP contribution in [0.1, 0.15) is 36.6 Å². The summed E-state index contributed by atoms with van der Waals surface area (Å²) in [7, 11) is 1.27. The number of aliphatic hydroxyl groups excluding tert-OH is 1. The summed E-state index contributed by atoms with van der Waals surface area (Å²) in [6.07, 6.45) is 0.343. The van der Waals surface area contributed by atoms with Crippen LogP contribution in [-0.2, 0) is 16.1 Å². The molecule has 0 aliphatic carbocycles. The minimum atomic E-state index is -1.18. The number of allylic oxidation sites excluding steroid dienone is 1. The lowest BCUT2D eigenvalue weighted by Crippen LogP contribution is -2.45. The zero-order valence-corrected chi connectivity index (χ0v) is 28.5. The molecule has 1 aliphatic rings. The van der Waals surface area contributed by atoms with Crippen molar-refractivity contribution in [3.8, 4) is 17.2 Å². The maximum absolute atomic E-state index is 12.5. The molecule has 0 bridgehead atoms. The van der Waals surface area contributed by atoms with E-state index in [-0.39, 0.29) is 18.8 Å². The van der Waals surface area contributed by atoms with Crippen molar-refractivity contribution in [2.45, 2.75) is 32.7 Å². The number of hydrogen-bond acceptors (Lipinski definition) is 9. The molecule has 2 atom stereocenters. The fourth-order valence-electron chi connectivity index (χ4n) is 4.43. The summed E-state index contributed by atoms with van der Waals surface area (Å²) in [5, 5.41) is 20.7. The van der Waals surface area contributed by atoms with Gasteiger partial charge in [-0.25, -0.2) is 9.59 Å². The van der Waals surface area contributed by atoms with Crippen molar-refractivity contribution >= 4 is 61.7 Å². The van der Waals surface area contributed by atoms with E-state index in [1.54, 1.807) is 31.2 Å². The summed E-state index contributed by atoms with van der Waals surface area (Å²) in [6, 6.07) is 14.9. The highest BCUT2D eigenvalue weighted by molar-refractivity contribution is 9.11. The Bertz CT molecular complexity index is 1620. The number of ether oxygens (including phenoxy) is 4. The topological polar surface area (TPSA) is 140 Å². The quantitative estimate of drug-likeness (QED) is 0.0724. The number of carbonyl (C=O) groups excluding carboxylic acids is 2. The molecule has 0 saturated heterocycles. The molecule has 238 valence electrons. The first-order chi connectivity index (χ1) is 21.6. The van der Waals surface area contributed by atoms with Crippen molar-refractivity contribution in [3.63, 3.8) is 0 Å². The van der Waals surface area contributed by atoms with Gasteiger partial charge in [0.15, 0.2) is 17.7 Å². The fraction of sp³-hybridized carbons (Fsp3) is 0.258. The van der Waals surface area contributed by atoms with Gasteiger partial charge in [0.25, 0.3) is 0 Å². The molecule has 1 aliphatic heterocycles. The number of halogens is 3. The predicted octanol–water partition coefficient (Wildman–Crippen LogP) is 5.96. The van der Waals surface area contributed by atoms with Crippen molar-refractivity contribution in [2.75, 3.05) is 20.3 Å². The van der Waals surface area contributed by atoms with Crippen LogP contribution >= 0.6 is 43.5 Å². The molecule has 0 fully saturated rings. The van der Waals surface area contributed by atoms with Crippen LogP contribution in [0.4, 0.5) is 4.79 Å². The smallest absolute Gasteiger partial charge is 0.337 e. The lowest BCUT2D eigenvalue weighted by atomic mass is 9.95. The van der Waals surface area contributed by atoms with E-state index in [9.17, 15) is 14.7 Å².